The molecule has 0 aliphatic carbocycles. The zero-order valence-corrected chi connectivity index (χ0v) is 19.6. The molecule has 3 aromatic heterocycles. The van der Waals surface area contributed by atoms with Crippen molar-refractivity contribution in [2.75, 3.05) is 0 Å². The molecule has 29 heavy (non-hydrogen) atoms. The van der Waals surface area contributed by atoms with Crippen LogP contribution in [0.25, 0.3) is 4.96 Å². The van der Waals surface area contributed by atoms with Gasteiger partial charge in [0.2, 0.25) is 0 Å². The third-order valence-electron chi connectivity index (χ3n) is 4.37. The number of fused-ring (bicyclic) bond motifs is 1. The molecule has 0 aliphatic rings. The molecule has 5 nitrogen and oxygen atoms in total. The van der Waals surface area contributed by atoms with Crippen molar-refractivity contribution in [3.63, 3.8) is 0 Å². The fraction of sp³-hybridized carbons (Fsp3) is 0.300. The van der Waals surface area contributed by atoms with Crippen molar-refractivity contribution in [3.8, 4) is 0 Å². The van der Waals surface area contributed by atoms with Crippen LogP contribution in [0, 0.1) is 6.92 Å². The maximum Gasteiger partial charge on any atom is 0.258 e. The van der Waals surface area contributed by atoms with Gasteiger partial charge in [0.25, 0.3) is 5.56 Å². The lowest BCUT2D eigenvalue weighted by molar-refractivity contribution is 0.866. The van der Waals surface area contributed by atoms with Crippen LogP contribution in [0.4, 0.5) is 0 Å². The van der Waals surface area contributed by atoms with Gasteiger partial charge < -0.3 is 0 Å². The van der Waals surface area contributed by atoms with Gasteiger partial charge in [0.15, 0.2) is 13.6 Å². The summed E-state index contributed by atoms with van der Waals surface area (Å²) in [6, 6.07) is 10.4. The summed E-state index contributed by atoms with van der Waals surface area (Å²) in [7, 11) is 0. The Hall–Kier alpha value is -1.68. The first-order valence-electron chi connectivity index (χ1n) is 9.14. The minimum absolute atomic E-state index is 0.0265. The van der Waals surface area contributed by atoms with Crippen LogP contribution < -0.4 is 5.56 Å². The van der Waals surface area contributed by atoms with E-state index in [1.807, 2.05) is 12.3 Å². The van der Waals surface area contributed by atoms with E-state index >= 15 is 0 Å². The van der Waals surface area contributed by atoms with E-state index in [2.05, 4.69) is 53.3 Å². The molecule has 0 atom stereocenters. The Balaban J connectivity index is 1.35. The van der Waals surface area contributed by atoms with E-state index in [0.717, 1.165) is 30.8 Å². The van der Waals surface area contributed by atoms with Crippen molar-refractivity contribution in [2.24, 2.45) is 0 Å². The molecule has 0 fully saturated rings. The highest BCUT2D eigenvalue weighted by Gasteiger charge is 2.10. The summed E-state index contributed by atoms with van der Waals surface area (Å²) in [6.45, 7) is 6.33. The predicted octanol–water partition coefficient (Wildman–Crippen LogP) is 5.62. The molecular weight excluding hydrogens is 441 g/mol. The normalized spacial score (nSPS) is 11.6. The molecule has 0 saturated carbocycles. The van der Waals surface area contributed by atoms with Crippen LogP contribution >= 0.6 is 46.2 Å². The maximum absolute atomic E-state index is 12.3. The maximum atomic E-state index is 12.3. The van der Waals surface area contributed by atoms with Gasteiger partial charge in [-0.1, -0.05) is 73.0 Å². The SMILES string of the molecule is Cc1csc2nc(CSc3nnc(SCc4ccc(C(C)C)cc4)s3)cc(=O)n12. The number of nitrogens with zero attached hydrogens (tertiary/aromatic N) is 4. The van der Waals surface area contributed by atoms with Crippen LogP contribution in [0.15, 0.2) is 49.2 Å². The predicted molar refractivity (Wildman–Crippen MR) is 124 cm³/mol. The molecule has 150 valence electrons. The summed E-state index contributed by atoms with van der Waals surface area (Å²) >= 11 is 6.35. The number of aryl methyl sites for hydroxylation is 1. The monoisotopic (exact) mass is 460 g/mol. The lowest BCUT2D eigenvalue weighted by Gasteiger charge is -2.05. The van der Waals surface area contributed by atoms with Crippen molar-refractivity contribution < 1.29 is 0 Å². The van der Waals surface area contributed by atoms with Crippen LogP contribution in [0.2, 0.25) is 0 Å². The lowest BCUT2D eigenvalue weighted by Crippen LogP contribution is -2.14. The number of benzene rings is 1. The van der Waals surface area contributed by atoms with Gasteiger partial charge in [-0.05, 0) is 24.0 Å². The second kappa shape index (κ2) is 8.99. The third-order valence-corrected chi connectivity index (χ3v) is 8.61. The van der Waals surface area contributed by atoms with E-state index in [0.29, 0.717) is 11.7 Å². The first-order chi connectivity index (χ1) is 14.0. The van der Waals surface area contributed by atoms with Crippen molar-refractivity contribution >= 4 is 51.2 Å². The topological polar surface area (TPSA) is 60.2 Å². The second-order valence-corrected chi connectivity index (χ2v) is 11.1. The number of hydrogen-bond donors (Lipinski definition) is 0. The minimum Gasteiger partial charge on any atom is -0.269 e. The van der Waals surface area contributed by atoms with Gasteiger partial charge in [0.1, 0.15) is 0 Å². The Bertz CT molecular complexity index is 1180. The molecule has 4 rings (SSSR count). The average Bonchev–Trinajstić information content (AvgIpc) is 3.32. The number of rotatable bonds is 7. The highest BCUT2D eigenvalue weighted by atomic mass is 32.2. The molecule has 1 aromatic carbocycles. The van der Waals surface area contributed by atoms with E-state index in [9.17, 15) is 4.79 Å². The Labute approximate surface area is 185 Å². The van der Waals surface area contributed by atoms with Gasteiger partial charge in [-0.15, -0.1) is 21.5 Å². The first-order valence-corrected chi connectivity index (χ1v) is 12.8. The summed E-state index contributed by atoms with van der Waals surface area (Å²) in [4.78, 5) is 17.6. The number of aromatic nitrogens is 4. The largest absolute Gasteiger partial charge is 0.269 e. The van der Waals surface area contributed by atoms with Crippen molar-refractivity contribution in [2.45, 2.75) is 46.9 Å². The summed E-state index contributed by atoms with van der Waals surface area (Å²) < 4.78 is 3.50. The van der Waals surface area contributed by atoms with Crippen molar-refractivity contribution in [3.05, 3.63) is 68.6 Å². The van der Waals surface area contributed by atoms with Crippen molar-refractivity contribution in [1.82, 2.24) is 19.6 Å². The number of thioether (sulfide) groups is 2. The molecular formula is C20H20N4OS4. The zero-order chi connectivity index (χ0) is 20.4. The smallest absolute Gasteiger partial charge is 0.258 e. The molecule has 0 aliphatic heterocycles. The van der Waals surface area contributed by atoms with Crippen molar-refractivity contribution in [1.29, 1.82) is 0 Å². The van der Waals surface area contributed by atoms with Gasteiger partial charge in [-0.3, -0.25) is 9.20 Å². The molecule has 0 saturated heterocycles. The Kier molecular flexibility index (Phi) is 6.38. The molecule has 0 amide bonds. The third kappa shape index (κ3) is 4.91. The highest BCUT2D eigenvalue weighted by Crippen LogP contribution is 2.32. The average molecular weight is 461 g/mol. The van der Waals surface area contributed by atoms with Gasteiger partial charge in [-0.2, -0.15) is 0 Å². The lowest BCUT2D eigenvalue weighted by atomic mass is 10.0. The molecule has 0 spiro atoms. The van der Waals surface area contributed by atoms with E-state index in [-0.39, 0.29) is 5.56 Å². The van der Waals surface area contributed by atoms with Gasteiger partial charge in [0, 0.05) is 28.6 Å². The fourth-order valence-corrected chi connectivity index (χ4v) is 6.53. The summed E-state index contributed by atoms with van der Waals surface area (Å²) in [5.74, 6) is 2.04. The Morgan fingerprint density at radius 2 is 1.76 bits per heavy atom. The minimum atomic E-state index is -0.0265. The fourth-order valence-electron chi connectivity index (χ4n) is 2.77. The molecule has 9 heteroatoms. The van der Waals surface area contributed by atoms with Crippen LogP contribution in [0.3, 0.4) is 0 Å². The molecule has 3 heterocycles. The summed E-state index contributed by atoms with van der Waals surface area (Å²) in [6.07, 6.45) is 0. The van der Waals surface area contributed by atoms with Gasteiger partial charge >= 0.3 is 0 Å². The molecule has 0 N–H and O–H groups in total. The molecule has 4 aromatic rings. The van der Waals surface area contributed by atoms with E-state index < -0.39 is 0 Å². The van der Waals surface area contributed by atoms with Crippen LogP contribution in [-0.4, -0.2) is 19.6 Å². The van der Waals surface area contributed by atoms with Crippen LogP contribution in [-0.2, 0) is 11.5 Å². The van der Waals surface area contributed by atoms with E-state index in [4.69, 9.17) is 0 Å². The van der Waals surface area contributed by atoms with E-state index in [1.54, 1.807) is 45.3 Å². The summed E-state index contributed by atoms with van der Waals surface area (Å²) in [5, 5.41) is 10.5. The molecule has 0 unspecified atom stereocenters. The quantitative estimate of drug-likeness (QED) is 0.333. The standard InChI is InChI=1S/C20H20N4OS4/c1-12(2)15-6-4-14(5-7-15)10-27-19-22-23-20(29-19)28-11-16-8-17(25)24-13(3)9-26-18(24)21-16/h4-9,12H,10-11H2,1-3H3. The second-order valence-electron chi connectivity index (χ2n) is 6.89. The first kappa shape index (κ1) is 20.6. The number of hydrogen-bond acceptors (Lipinski definition) is 8. The van der Waals surface area contributed by atoms with Crippen LogP contribution in [0.1, 0.15) is 42.3 Å². The van der Waals surface area contributed by atoms with Gasteiger partial charge in [0.05, 0.1) is 5.69 Å². The summed E-state index contributed by atoms with van der Waals surface area (Å²) in [5.41, 5.74) is 4.31. The molecule has 0 radical (unpaired) electrons. The number of thiazole rings is 1. The van der Waals surface area contributed by atoms with Gasteiger partial charge in [-0.25, -0.2) is 4.98 Å². The zero-order valence-electron chi connectivity index (χ0n) is 16.3. The highest BCUT2D eigenvalue weighted by molar-refractivity contribution is 8.02. The van der Waals surface area contributed by atoms with E-state index in [1.165, 1.54) is 22.5 Å². The Morgan fingerprint density at radius 1 is 1.07 bits per heavy atom. The molecule has 0 bridgehead atoms. The Morgan fingerprint density at radius 3 is 2.45 bits per heavy atom. The van der Waals surface area contributed by atoms with Crippen LogP contribution in [0.5, 0.6) is 0 Å².